The number of halogens is 1. The van der Waals surface area contributed by atoms with Crippen molar-refractivity contribution in [1.82, 2.24) is 0 Å². The van der Waals surface area contributed by atoms with Crippen molar-refractivity contribution < 1.29 is 13.9 Å². The first-order valence-corrected chi connectivity index (χ1v) is 7.14. The van der Waals surface area contributed by atoms with Crippen LogP contribution in [0.4, 0.5) is 10.1 Å². The number of carbonyl (C=O) groups is 1. The van der Waals surface area contributed by atoms with Crippen LogP contribution in [-0.4, -0.2) is 12.0 Å². The van der Waals surface area contributed by atoms with Gasteiger partial charge >= 0.3 is 0 Å². The Morgan fingerprint density at radius 1 is 1.27 bits per heavy atom. The Labute approximate surface area is 128 Å². The second-order valence-corrected chi connectivity index (χ2v) is 5.28. The lowest BCUT2D eigenvalue weighted by Gasteiger charge is -2.33. The minimum absolute atomic E-state index is 0.167. The third kappa shape index (κ3) is 2.55. The summed E-state index contributed by atoms with van der Waals surface area (Å²) in [5.41, 5.74) is 7.65. The molecule has 4 nitrogen and oxygen atoms in total. The number of ether oxygens (including phenoxy) is 1. The highest BCUT2D eigenvalue weighted by Gasteiger charge is 2.32. The molecule has 0 aromatic heterocycles. The molecule has 1 aliphatic heterocycles. The maximum Gasteiger partial charge on any atom is 0.268 e. The van der Waals surface area contributed by atoms with Crippen molar-refractivity contribution in [3.8, 4) is 5.75 Å². The topological polar surface area (TPSA) is 55.6 Å². The van der Waals surface area contributed by atoms with Gasteiger partial charge in [-0.15, -0.1) is 0 Å². The largest absolute Gasteiger partial charge is 0.479 e. The second kappa shape index (κ2) is 5.77. The van der Waals surface area contributed by atoms with Crippen LogP contribution in [0.5, 0.6) is 5.75 Å². The molecule has 5 heteroatoms. The molecule has 0 bridgehead atoms. The molecule has 1 heterocycles. The van der Waals surface area contributed by atoms with E-state index >= 15 is 0 Å². The first kappa shape index (κ1) is 14.5. The first-order valence-electron chi connectivity index (χ1n) is 7.14. The van der Waals surface area contributed by atoms with Crippen LogP contribution >= 0.6 is 0 Å². The van der Waals surface area contributed by atoms with Gasteiger partial charge in [0.05, 0.1) is 12.2 Å². The maximum atomic E-state index is 13.9. The number of nitrogens with two attached hydrogens (primary N) is 1. The van der Waals surface area contributed by atoms with Crippen LogP contribution in [0.2, 0.25) is 0 Å². The van der Waals surface area contributed by atoms with Crippen molar-refractivity contribution in [1.29, 1.82) is 0 Å². The van der Waals surface area contributed by atoms with E-state index in [1.807, 2.05) is 12.1 Å². The van der Waals surface area contributed by atoms with Crippen LogP contribution in [0.15, 0.2) is 42.5 Å². The zero-order valence-electron chi connectivity index (χ0n) is 12.3. The number of nitrogens with zero attached hydrogens (tertiary/aromatic N) is 1. The van der Waals surface area contributed by atoms with Crippen molar-refractivity contribution in [2.75, 3.05) is 4.90 Å². The molecule has 0 fully saturated rings. The summed E-state index contributed by atoms with van der Waals surface area (Å²) in [4.78, 5) is 14.0. The number of amides is 1. The molecule has 1 aliphatic rings. The Morgan fingerprint density at radius 2 is 2.05 bits per heavy atom. The molecular weight excluding hydrogens is 283 g/mol. The first-order chi connectivity index (χ1) is 10.6. The van der Waals surface area contributed by atoms with E-state index in [0.29, 0.717) is 23.5 Å². The van der Waals surface area contributed by atoms with E-state index in [0.717, 1.165) is 5.56 Å². The van der Waals surface area contributed by atoms with Crippen LogP contribution in [-0.2, 0) is 17.9 Å². The Bertz CT molecular complexity index is 718. The zero-order valence-corrected chi connectivity index (χ0v) is 12.3. The van der Waals surface area contributed by atoms with Crippen LogP contribution in [0.3, 0.4) is 0 Å². The average molecular weight is 300 g/mol. The molecular formula is C17H17FN2O2. The van der Waals surface area contributed by atoms with Crippen LogP contribution in [0, 0.1) is 5.82 Å². The summed E-state index contributed by atoms with van der Waals surface area (Å²) in [6.07, 6.45) is -0.594. The summed E-state index contributed by atoms with van der Waals surface area (Å²) < 4.78 is 19.5. The SMILES string of the molecule is CC1Oc2ccc(CN)cc2N(Cc2ccccc2F)C1=O. The van der Waals surface area contributed by atoms with Gasteiger partial charge < -0.3 is 15.4 Å². The minimum Gasteiger partial charge on any atom is -0.479 e. The molecule has 0 radical (unpaired) electrons. The molecule has 2 aromatic rings. The van der Waals surface area contributed by atoms with Crippen molar-refractivity contribution >= 4 is 11.6 Å². The van der Waals surface area contributed by atoms with Gasteiger partial charge in [-0.1, -0.05) is 24.3 Å². The van der Waals surface area contributed by atoms with Crippen LogP contribution in [0.1, 0.15) is 18.1 Å². The quantitative estimate of drug-likeness (QED) is 0.948. The highest BCUT2D eigenvalue weighted by molar-refractivity contribution is 5.99. The fourth-order valence-electron chi connectivity index (χ4n) is 2.54. The highest BCUT2D eigenvalue weighted by atomic mass is 19.1. The third-order valence-corrected chi connectivity index (χ3v) is 3.75. The third-order valence-electron chi connectivity index (χ3n) is 3.75. The standard InChI is InChI=1S/C17H17FN2O2/c1-11-17(21)20(10-13-4-2-3-5-14(13)18)15-8-12(9-19)6-7-16(15)22-11/h2-8,11H,9-10,19H2,1H3. The van der Waals surface area contributed by atoms with Crippen LogP contribution < -0.4 is 15.4 Å². The molecule has 0 spiro atoms. The van der Waals surface area contributed by atoms with Gasteiger partial charge in [0.1, 0.15) is 11.6 Å². The van der Waals surface area contributed by atoms with Gasteiger partial charge in [-0.3, -0.25) is 4.79 Å². The molecule has 2 aromatic carbocycles. The zero-order chi connectivity index (χ0) is 15.7. The summed E-state index contributed by atoms with van der Waals surface area (Å²) in [6, 6.07) is 11.9. The number of carbonyl (C=O) groups excluding carboxylic acids is 1. The predicted molar refractivity (Wildman–Crippen MR) is 82.0 cm³/mol. The number of benzene rings is 2. The van der Waals surface area contributed by atoms with Gasteiger partial charge in [-0.2, -0.15) is 0 Å². The summed E-state index contributed by atoms with van der Waals surface area (Å²) in [5, 5.41) is 0. The van der Waals surface area contributed by atoms with E-state index in [2.05, 4.69) is 0 Å². The summed E-state index contributed by atoms with van der Waals surface area (Å²) in [6.45, 7) is 2.22. The fraction of sp³-hybridized carbons (Fsp3) is 0.235. The molecule has 0 aliphatic carbocycles. The number of rotatable bonds is 3. The monoisotopic (exact) mass is 300 g/mol. The number of hydrogen-bond acceptors (Lipinski definition) is 3. The lowest BCUT2D eigenvalue weighted by Crippen LogP contribution is -2.44. The number of hydrogen-bond donors (Lipinski definition) is 1. The molecule has 22 heavy (non-hydrogen) atoms. The van der Waals surface area contributed by atoms with E-state index in [-0.39, 0.29) is 18.3 Å². The molecule has 1 atom stereocenters. The second-order valence-electron chi connectivity index (χ2n) is 5.28. The van der Waals surface area contributed by atoms with Crippen molar-refractivity contribution in [2.24, 2.45) is 5.73 Å². The Balaban J connectivity index is 2.02. The molecule has 114 valence electrons. The normalized spacial score (nSPS) is 17.1. The summed E-state index contributed by atoms with van der Waals surface area (Å²) in [5.74, 6) is 0.0940. The number of fused-ring (bicyclic) bond motifs is 1. The summed E-state index contributed by atoms with van der Waals surface area (Å²) in [7, 11) is 0. The average Bonchev–Trinajstić information content (AvgIpc) is 2.53. The molecule has 1 amide bonds. The highest BCUT2D eigenvalue weighted by Crippen LogP contribution is 2.36. The summed E-state index contributed by atoms with van der Waals surface area (Å²) >= 11 is 0. The van der Waals surface area contributed by atoms with Crippen molar-refractivity contribution in [3.05, 3.63) is 59.4 Å². The van der Waals surface area contributed by atoms with Crippen molar-refractivity contribution in [3.63, 3.8) is 0 Å². The van der Waals surface area contributed by atoms with E-state index in [9.17, 15) is 9.18 Å². The van der Waals surface area contributed by atoms with Crippen LogP contribution in [0.25, 0.3) is 0 Å². The Hall–Kier alpha value is -2.40. The molecule has 1 unspecified atom stereocenters. The Morgan fingerprint density at radius 3 is 2.77 bits per heavy atom. The minimum atomic E-state index is -0.594. The lowest BCUT2D eigenvalue weighted by molar-refractivity contribution is -0.125. The number of anilines is 1. The fourth-order valence-corrected chi connectivity index (χ4v) is 2.54. The van der Waals surface area contributed by atoms with E-state index < -0.39 is 6.10 Å². The smallest absolute Gasteiger partial charge is 0.268 e. The molecule has 0 saturated carbocycles. The van der Waals surface area contributed by atoms with Gasteiger partial charge in [0.2, 0.25) is 0 Å². The van der Waals surface area contributed by atoms with E-state index in [1.54, 1.807) is 36.1 Å². The van der Waals surface area contributed by atoms with Gasteiger partial charge in [-0.25, -0.2) is 4.39 Å². The Kier molecular flexibility index (Phi) is 3.81. The van der Waals surface area contributed by atoms with Gasteiger partial charge in [0.25, 0.3) is 5.91 Å². The predicted octanol–water partition coefficient (Wildman–Crippen LogP) is 2.60. The van der Waals surface area contributed by atoms with E-state index in [1.165, 1.54) is 6.07 Å². The van der Waals surface area contributed by atoms with Gasteiger partial charge in [0, 0.05) is 12.1 Å². The van der Waals surface area contributed by atoms with Gasteiger partial charge in [-0.05, 0) is 30.7 Å². The molecule has 2 N–H and O–H groups in total. The lowest BCUT2D eigenvalue weighted by atomic mass is 10.1. The van der Waals surface area contributed by atoms with E-state index in [4.69, 9.17) is 10.5 Å². The van der Waals surface area contributed by atoms with Crippen molar-refractivity contribution in [2.45, 2.75) is 26.1 Å². The maximum absolute atomic E-state index is 13.9. The molecule has 3 rings (SSSR count). The molecule has 0 saturated heterocycles. The van der Waals surface area contributed by atoms with Gasteiger partial charge in [0.15, 0.2) is 6.10 Å².